The van der Waals surface area contributed by atoms with E-state index in [-0.39, 0.29) is 34.5 Å². The molecule has 1 heteroatoms. The maximum Gasteiger partial charge on any atom is 0.0725 e. The lowest BCUT2D eigenvalue weighted by molar-refractivity contribution is 0.794. The van der Waals surface area contributed by atoms with E-state index in [4.69, 9.17) is 1.37 Å². The smallest absolute Gasteiger partial charge is 0.0725 e. The van der Waals surface area contributed by atoms with Gasteiger partial charge in [-0.25, -0.2) is 0 Å². The first-order valence-electron chi connectivity index (χ1n) is 24.0. The molecule has 0 aromatic heterocycles. The van der Waals surface area contributed by atoms with Crippen molar-refractivity contribution in [3.8, 4) is 55.6 Å². The Morgan fingerprint density at radius 1 is 0.286 bits per heavy atom. The molecule has 0 saturated carbocycles. The fourth-order valence-corrected chi connectivity index (χ4v) is 8.56. The molecule has 1 spiro atoms. The van der Waals surface area contributed by atoms with Crippen molar-refractivity contribution in [2.45, 2.75) is 5.41 Å². The Balaban J connectivity index is 1.15. The Morgan fingerprint density at radius 2 is 0.679 bits per heavy atom. The first kappa shape index (κ1) is 22.9. The number of rotatable bonds is 6. The zero-order chi connectivity index (χ0) is 46.6. The normalized spacial score (nSPS) is 15.5. The lowest BCUT2D eigenvalue weighted by atomic mass is 9.70. The van der Waals surface area contributed by atoms with Crippen molar-refractivity contribution < 1.29 is 15.1 Å². The highest BCUT2D eigenvalue weighted by atomic mass is 15.1. The molecular formula is C55H37N. The van der Waals surface area contributed by atoms with Crippen molar-refractivity contribution in [2.24, 2.45) is 0 Å². The van der Waals surface area contributed by atoms with Crippen LogP contribution in [0, 0.1) is 0 Å². The van der Waals surface area contributed by atoms with Gasteiger partial charge in [0.25, 0.3) is 0 Å². The number of nitrogens with zero attached hydrogens (tertiary/aromatic N) is 1. The van der Waals surface area contributed by atoms with Gasteiger partial charge in [0, 0.05) is 17.1 Å². The number of anilines is 3. The van der Waals surface area contributed by atoms with E-state index in [1.165, 1.54) is 6.07 Å². The Labute approximate surface area is 343 Å². The minimum atomic E-state index is -0.639. The van der Waals surface area contributed by atoms with Crippen LogP contribution in [-0.4, -0.2) is 0 Å². The fourth-order valence-electron chi connectivity index (χ4n) is 8.56. The zero-order valence-corrected chi connectivity index (χ0v) is 30.0. The monoisotopic (exact) mass is 722 g/mol. The first-order chi connectivity index (χ1) is 32.4. The molecule has 0 heterocycles. The van der Waals surface area contributed by atoms with Crippen molar-refractivity contribution in [2.75, 3.05) is 4.90 Å². The lowest BCUT2D eigenvalue weighted by Gasteiger charge is -2.30. The molecule has 1 nitrogen and oxygen atoms in total. The minimum absolute atomic E-state index is 0.000910. The summed E-state index contributed by atoms with van der Waals surface area (Å²) in [6, 6.07) is 44.1. The Kier molecular flexibility index (Phi) is 5.30. The number of benzene rings is 9. The van der Waals surface area contributed by atoms with Crippen LogP contribution in [0.25, 0.3) is 55.6 Å². The third-order valence-corrected chi connectivity index (χ3v) is 11.0. The van der Waals surface area contributed by atoms with E-state index < -0.39 is 71.2 Å². The summed E-state index contributed by atoms with van der Waals surface area (Å²) in [5.74, 6) is 0. The molecule has 0 aliphatic heterocycles. The van der Waals surface area contributed by atoms with E-state index in [2.05, 4.69) is 36.4 Å². The summed E-state index contributed by atoms with van der Waals surface area (Å²) in [5, 5.41) is 0. The van der Waals surface area contributed by atoms with Gasteiger partial charge in [-0.3, -0.25) is 0 Å². The molecule has 0 fully saturated rings. The third kappa shape index (κ3) is 4.95. The molecule has 56 heavy (non-hydrogen) atoms. The van der Waals surface area contributed by atoms with Crippen LogP contribution < -0.4 is 4.90 Å². The molecule has 9 aromatic carbocycles. The Morgan fingerprint density at radius 3 is 1.20 bits per heavy atom. The van der Waals surface area contributed by atoms with E-state index >= 15 is 0 Å². The molecule has 0 unspecified atom stereocenters. The second kappa shape index (κ2) is 13.0. The molecule has 0 saturated heterocycles. The van der Waals surface area contributed by atoms with Gasteiger partial charge >= 0.3 is 0 Å². The molecule has 0 atom stereocenters. The number of fused-ring (bicyclic) bond motifs is 10. The molecule has 0 radical (unpaired) electrons. The lowest BCUT2D eigenvalue weighted by Crippen LogP contribution is -2.25. The predicted molar refractivity (Wildman–Crippen MR) is 234 cm³/mol. The van der Waals surface area contributed by atoms with Crippen molar-refractivity contribution in [1.29, 1.82) is 0 Å². The van der Waals surface area contributed by atoms with Crippen LogP contribution in [0.1, 0.15) is 37.3 Å². The summed E-state index contributed by atoms with van der Waals surface area (Å²) in [6.45, 7) is 0. The van der Waals surface area contributed by atoms with Crippen LogP contribution in [0.2, 0.25) is 0 Å². The zero-order valence-electron chi connectivity index (χ0n) is 41.0. The number of hydrogen-bond donors (Lipinski definition) is 0. The maximum atomic E-state index is 9.69. The number of hydrogen-bond acceptors (Lipinski definition) is 1. The summed E-state index contributed by atoms with van der Waals surface area (Å²) in [5.41, 5.74) is 8.18. The fraction of sp³-hybridized carbons (Fsp3) is 0.0182. The van der Waals surface area contributed by atoms with Crippen LogP contribution >= 0.6 is 0 Å². The minimum Gasteiger partial charge on any atom is -0.311 e. The van der Waals surface area contributed by atoms with E-state index in [0.717, 1.165) is 49.4 Å². The maximum absolute atomic E-state index is 9.69. The highest BCUT2D eigenvalue weighted by Gasteiger charge is 2.51. The van der Waals surface area contributed by atoms with E-state index in [1.54, 1.807) is 60.7 Å². The first-order valence-corrected chi connectivity index (χ1v) is 18.5. The van der Waals surface area contributed by atoms with Gasteiger partial charge in [-0.15, -0.1) is 0 Å². The molecule has 2 aliphatic carbocycles. The topological polar surface area (TPSA) is 3.24 Å². The molecule has 0 amide bonds. The average Bonchev–Trinajstić information content (AvgIpc) is 3.81. The standard InChI is InChI=1S/C55H37N/c1-3-13-38(14-4-1)40-23-30-44(31-24-40)56(45-32-25-41(26-33-45)39-15-5-2-6-16-39)46-34-27-42(28-35-46)43-29-36-54-50(37-43)49-19-9-12-22-53(49)55(54)51-20-10-7-17-47(51)48-18-8-11-21-52(48)55/h1-37H/i23D,24D,25D,26D,27D,28D,30D,31D,32D,34D,35D. The van der Waals surface area contributed by atoms with Crippen LogP contribution in [0.5, 0.6) is 0 Å². The SMILES string of the molecule is [2H]c1cc(N(c2c([2H])c([2H])c(-c3ccccc3)c([2H])c2[2H])c2c([2H])c([2H])c(-c3ccc4c(c3)-c3ccccc3C43c4ccccc4-c4ccccc43)c([2H])c2[2H])c([2H])c([2H])c1-c1ccccc1. The largest absolute Gasteiger partial charge is 0.311 e. The molecule has 11 rings (SSSR count). The second-order valence-electron chi connectivity index (χ2n) is 14.0. The van der Waals surface area contributed by atoms with Gasteiger partial charge in [-0.2, -0.15) is 0 Å². The van der Waals surface area contributed by atoms with E-state index in [1.807, 2.05) is 54.6 Å². The van der Waals surface area contributed by atoms with Crippen molar-refractivity contribution in [1.82, 2.24) is 0 Å². The molecule has 262 valence electrons. The summed E-state index contributed by atoms with van der Waals surface area (Å²) < 4.78 is 104. The van der Waals surface area contributed by atoms with Crippen molar-refractivity contribution >= 4 is 17.1 Å². The van der Waals surface area contributed by atoms with Gasteiger partial charge in [-0.05, 0) is 120 Å². The molecule has 9 aromatic rings. The van der Waals surface area contributed by atoms with Gasteiger partial charge in [0.1, 0.15) is 0 Å². The van der Waals surface area contributed by atoms with Crippen molar-refractivity contribution in [3.63, 3.8) is 0 Å². The summed E-state index contributed by atoms with van der Waals surface area (Å²) >= 11 is 0. The van der Waals surface area contributed by atoms with Crippen LogP contribution in [0.15, 0.2) is 224 Å². The van der Waals surface area contributed by atoms with E-state index in [0.29, 0.717) is 16.7 Å². The third-order valence-electron chi connectivity index (χ3n) is 11.0. The second-order valence-corrected chi connectivity index (χ2v) is 14.0. The van der Waals surface area contributed by atoms with Crippen molar-refractivity contribution in [3.05, 3.63) is 246 Å². The highest BCUT2D eigenvalue weighted by Crippen LogP contribution is 2.63. The quantitative estimate of drug-likeness (QED) is 0.165. The van der Waals surface area contributed by atoms with Crippen LogP contribution in [-0.2, 0) is 5.41 Å². The van der Waals surface area contributed by atoms with Gasteiger partial charge in [-0.1, -0.05) is 182 Å². The predicted octanol–water partition coefficient (Wildman–Crippen LogP) is 14.5. The van der Waals surface area contributed by atoms with Gasteiger partial charge < -0.3 is 4.90 Å². The summed E-state index contributed by atoms with van der Waals surface area (Å²) in [6.07, 6.45) is 0. The molecule has 0 bridgehead atoms. The molecule has 0 N–H and O–H groups in total. The van der Waals surface area contributed by atoms with Crippen LogP contribution in [0.4, 0.5) is 17.1 Å². The summed E-state index contributed by atoms with van der Waals surface area (Å²) in [4.78, 5) is 1.00. The van der Waals surface area contributed by atoms with Crippen LogP contribution in [0.3, 0.4) is 0 Å². The average molecular weight is 723 g/mol. The Hall–Kier alpha value is -7.22. The van der Waals surface area contributed by atoms with Gasteiger partial charge in [0.15, 0.2) is 0 Å². The molecular weight excluding hydrogens is 675 g/mol. The van der Waals surface area contributed by atoms with E-state index in [9.17, 15) is 13.7 Å². The Bertz CT molecular complexity index is 3450. The summed E-state index contributed by atoms with van der Waals surface area (Å²) in [7, 11) is 0. The highest BCUT2D eigenvalue weighted by molar-refractivity contribution is 5.96. The van der Waals surface area contributed by atoms with Gasteiger partial charge in [0.2, 0.25) is 0 Å². The van der Waals surface area contributed by atoms with Gasteiger partial charge in [0.05, 0.1) is 20.5 Å². The molecule has 2 aliphatic rings.